The summed E-state index contributed by atoms with van der Waals surface area (Å²) in [6.45, 7) is 6.47. The normalized spacial score (nSPS) is 12.2. The van der Waals surface area contributed by atoms with Gasteiger partial charge in [0.25, 0.3) is 0 Å². The van der Waals surface area contributed by atoms with Crippen LogP contribution in [0.15, 0.2) is 12.8 Å². The number of hydrogen-bond acceptors (Lipinski definition) is 2. The minimum Gasteiger partial charge on any atom is -0.499 e. The Hall–Kier alpha value is -0.500. The summed E-state index contributed by atoms with van der Waals surface area (Å²) in [5.41, 5.74) is 0. The molecule has 0 aromatic rings. The second-order valence-electron chi connectivity index (χ2n) is 11.8. The first-order chi connectivity index (χ1) is 18.3. The Labute approximate surface area is 234 Å². The van der Waals surface area contributed by atoms with Crippen LogP contribution < -0.4 is 0 Å². The number of rotatable bonds is 33. The van der Waals surface area contributed by atoms with Gasteiger partial charge in [0.05, 0.1) is 12.4 Å². The van der Waals surface area contributed by atoms with Crippen LogP contribution in [0.2, 0.25) is 0 Å². The third-order valence-electron chi connectivity index (χ3n) is 8.10. The molecule has 0 radical (unpaired) electrons. The zero-order valence-electron chi connectivity index (χ0n) is 25.6. The van der Waals surface area contributed by atoms with E-state index in [1.165, 1.54) is 186 Å². The summed E-state index contributed by atoms with van der Waals surface area (Å²) in [6, 6.07) is 0. The van der Waals surface area contributed by atoms with E-state index < -0.39 is 0 Å². The van der Waals surface area contributed by atoms with Crippen molar-refractivity contribution in [3.63, 3.8) is 0 Å². The number of ether oxygens (including phenoxy) is 1. The fourth-order valence-corrected chi connectivity index (χ4v) is 5.59. The monoisotopic (exact) mass is 523 g/mol. The Morgan fingerprint density at radius 2 is 0.730 bits per heavy atom. The minimum atomic E-state index is 0.363. The van der Waals surface area contributed by atoms with Gasteiger partial charge < -0.3 is 9.84 Å². The Bertz CT molecular complexity index is 408. The number of aliphatic hydroxyl groups is 1. The molecule has 0 aliphatic carbocycles. The summed E-state index contributed by atoms with van der Waals surface area (Å²) in [6.07, 6.45) is 43.2. The largest absolute Gasteiger partial charge is 0.499 e. The van der Waals surface area contributed by atoms with E-state index in [9.17, 15) is 0 Å². The fourth-order valence-electron chi connectivity index (χ4n) is 5.59. The molecule has 0 aliphatic rings. The van der Waals surface area contributed by atoms with Crippen molar-refractivity contribution >= 4 is 0 Å². The maximum Gasteiger partial charge on any atom is 0.0978 e. The van der Waals surface area contributed by atoms with Crippen molar-refractivity contribution < 1.29 is 9.84 Å². The van der Waals surface area contributed by atoms with E-state index >= 15 is 0 Å². The van der Waals surface area contributed by atoms with Crippen LogP contribution in [-0.2, 0) is 4.74 Å². The molecule has 0 fully saturated rings. The average Bonchev–Trinajstić information content (AvgIpc) is 2.91. The van der Waals surface area contributed by atoms with Gasteiger partial charge in [0, 0.05) is 6.61 Å². The smallest absolute Gasteiger partial charge is 0.0978 e. The van der Waals surface area contributed by atoms with Crippen LogP contribution in [0.1, 0.15) is 200 Å². The fraction of sp³-hybridized carbons (Fsp3) is 0.943. The van der Waals surface area contributed by atoms with Crippen LogP contribution in [0.3, 0.4) is 0 Å². The third-order valence-corrected chi connectivity index (χ3v) is 8.10. The second-order valence-corrected chi connectivity index (χ2v) is 11.8. The minimum absolute atomic E-state index is 0.363. The molecule has 1 unspecified atom stereocenters. The van der Waals surface area contributed by atoms with E-state index in [1.807, 2.05) is 0 Å². The zero-order chi connectivity index (χ0) is 26.9. The van der Waals surface area contributed by atoms with Gasteiger partial charge in [-0.3, -0.25) is 0 Å². The number of unbranched alkanes of at least 4 members (excludes halogenated alkanes) is 26. The Morgan fingerprint density at radius 3 is 1.00 bits per heavy atom. The molecule has 0 saturated heterocycles. The molecule has 0 spiro atoms. The lowest BCUT2D eigenvalue weighted by atomic mass is 10.0. The van der Waals surface area contributed by atoms with Crippen molar-refractivity contribution in [2.24, 2.45) is 0 Å². The molecule has 0 aromatic carbocycles. The highest BCUT2D eigenvalue weighted by molar-refractivity contribution is 4.64. The molecule has 0 saturated carbocycles. The Balaban J connectivity index is 3.37. The molecule has 0 aliphatic heterocycles. The highest BCUT2D eigenvalue weighted by Gasteiger charge is 2.08. The first-order valence-electron chi connectivity index (χ1n) is 17.2. The number of hydrogen-bond donors (Lipinski definition) is 1. The standard InChI is InChI=1S/C35H70O2/c1-3-5-6-7-8-9-10-11-12-14-17-20-23-26-29-32-35(37-4-2)33-30-27-24-21-18-15-13-16-19-22-25-28-31-34-36/h4,35-36H,2-3,5-34H2,1H3. The van der Waals surface area contributed by atoms with Gasteiger partial charge in [-0.15, -0.1) is 0 Å². The van der Waals surface area contributed by atoms with Gasteiger partial charge in [-0.05, 0) is 32.1 Å². The Kier molecular flexibility index (Phi) is 33.1. The quantitative estimate of drug-likeness (QED) is 0.0685. The van der Waals surface area contributed by atoms with Gasteiger partial charge in [0.15, 0.2) is 0 Å². The van der Waals surface area contributed by atoms with Gasteiger partial charge in [-0.25, -0.2) is 0 Å². The van der Waals surface area contributed by atoms with Gasteiger partial charge in [0.2, 0.25) is 0 Å². The SMILES string of the molecule is C=COC(CCCCCCCCCCCCCCCO)CCCCCCCCCCCCCCCCC. The summed E-state index contributed by atoms with van der Waals surface area (Å²) >= 11 is 0. The molecule has 0 aromatic heterocycles. The summed E-state index contributed by atoms with van der Waals surface area (Å²) in [7, 11) is 0. The van der Waals surface area contributed by atoms with Crippen LogP contribution in [-0.4, -0.2) is 17.8 Å². The van der Waals surface area contributed by atoms with E-state index in [0.717, 1.165) is 6.42 Å². The van der Waals surface area contributed by atoms with Crippen molar-refractivity contribution in [1.82, 2.24) is 0 Å². The first kappa shape index (κ1) is 36.5. The van der Waals surface area contributed by atoms with E-state index in [1.54, 1.807) is 6.26 Å². The molecule has 37 heavy (non-hydrogen) atoms. The van der Waals surface area contributed by atoms with E-state index in [-0.39, 0.29) is 0 Å². The molecule has 0 rings (SSSR count). The topological polar surface area (TPSA) is 29.5 Å². The van der Waals surface area contributed by atoms with Gasteiger partial charge in [-0.1, -0.05) is 174 Å². The summed E-state index contributed by atoms with van der Waals surface area (Å²) < 4.78 is 5.83. The molecule has 0 bridgehead atoms. The molecule has 0 heterocycles. The van der Waals surface area contributed by atoms with Crippen molar-refractivity contribution in [2.75, 3.05) is 6.61 Å². The number of aliphatic hydroxyl groups excluding tert-OH is 1. The van der Waals surface area contributed by atoms with Crippen molar-refractivity contribution in [1.29, 1.82) is 0 Å². The van der Waals surface area contributed by atoms with Crippen molar-refractivity contribution in [3.05, 3.63) is 12.8 Å². The van der Waals surface area contributed by atoms with Crippen molar-refractivity contribution in [3.8, 4) is 0 Å². The van der Waals surface area contributed by atoms with Gasteiger partial charge in [0.1, 0.15) is 0 Å². The Morgan fingerprint density at radius 1 is 0.459 bits per heavy atom. The van der Waals surface area contributed by atoms with E-state index in [4.69, 9.17) is 9.84 Å². The molecular weight excluding hydrogens is 452 g/mol. The first-order valence-corrected chi connectivity index (χ1v) is 17.2. The van der Waals surface area contributed by atoms with Gasteiger partial charge in [-0.2, -0.15) is 0 Å². The molecule has 1 N–H and O–H groups in total. The zero-order valence-corrected chi connectivity index (χ0v) is 25.6. The summed E-state index contributed by atoms with van der Waals surface area (Å²) in [4.78, 5) is 0. The van der Waals surface area contributed by atoms with E-state index in [0.29, 0.717) is 12.7 Å². The lowest BCUT2D eigenvalue weighted by Crippen LogP contribution is -2.09. The molecule has 2 heteroatoms. The van der Waals surface area contributed by atoms with Crippen LogP contribution >= 0.6 is 0 Å². The molecule has 1 atom stereocenters. The van der Waals surface area contributed by atoms with Crippen LogP contribution in [0, 0.1) is 0 Å². The molecular formula is C35H70O2. The highest BCUT2D eigenvalue weighted by Crippen LogP contribution is 2.18. The highest BCUT2D eigenvalue weighted by atomic mass is 16.5. The molecule has 0 amide bonds. The summed E-state index contributed by atoms with van der Waals surface area (Å²) in [5, 5.41) is 8.80. The van der Waals surface area contributed by atoms with Crippen LogP contribution in [0.5, 0.6) is 0 Å². The van der Waals surface area contributed by atoms with E-state index in [2.05, 4.69) is 13.5 Å². The predicted molar refractivity (Wildman–Crippen MR) is 166 cm³/mol. The maximum atomic E-state index is 8.80. The second kappa shape index (κ2) is 33.5. The van der Waals surface area contributed by atoms with Crippen LogP contribution in [0.4, 0.5) is 0 Å². The summed E-state index contributed by atoms with van der Waals surface area (Å²) in [5.74, 6) is 0. The molecule has 222 valence electrons. The molecule has 2 nitrogen and oxygen atoms in total. The lowest BCUT2D eigenvalue weighted by molar-refractivity contribution is 0.121. The maximum absolute atomic E-state index is 8.80. The van der Waals surface area contributed by atoms with Crippen LogP contribution in [0.25, 0.3) is 0 Å². The van der Waals surface area contributed by atoms with Crippen molar-refractivity contribution in [2.45, 2.75) is 206 Å². The lowest BCUT2D eigenvalue weighted by Gasteiger charge is -2.16. The third kappa shape index (κ3) is 31.6. The average molecular weight is 523 g/mol. The predicted octanol–water partition coefficient (Wildman–Crippen LogP) is 12.2. The van der Waals surface area contributed by atoms with Gasteiger partial charge >= 0.3 is 0 Å².